The van der Waals surface area contributed by atoms with E-state index >= 15 is 0 Å². The summed E-state index contributed by atoms with van der Waals surface area (Å²) in [5.41, 5.74) is 1.98. The topological polar surface area (TPSA) is 102 Å². The molecule has 2 saturated carbocycles. The first-order chi connectivity index (χ1) is 16.2. The van der Waals surface area contributed by atoms with Gasteiger partial charge in [0.2, 0.25) is 5.91 Å². The summed E-state index contributed by atoms with van der Waals surface area (Å²) in [4.78, 5) is 29.6. The van der Waals surface area contributed by atoms with E-state index in [9.17, 15) is 9.59 Å². The molecule has 2 N–H and O–H groups in total. The molecular formula is C24H26N6O2S. The van der Waals surface area contributed by atoms with Crippen LogP contribution in [0.15, 0.2) is 53.9 Å². The van der Waals surface area contributed by atoms with E-state index in [1.807, 2.05) is 24.3 Å². The van der Waals surface area contributed by atoms with Gasteiger partial charge in [-0.25, -0.2) is 0 Å². The zero-order valence-electron chi connectivity index (χ0n) is 18.2. The normalized spacial score (nSPS) is 16.0. The number of rotatable bonds is 8. The van der Waals surface area contributed by atoms with Crippen molar-refractivity contribution in [3.8, 4) is 11.4 Å². The molecule has 0 radical (unpaired) electrons. The lowest BCUT2D eigenvalue weighted by atomic mass is 10.1. The van der Waals surface area contributed by atoms with Crippen LogP contribution in [0.2, 0.25) is 0 Å². The second-order valence-corrected chi connectivity index (χ2v) is 9.42. The number of amides is 2. The van der Waals surface area contributed by atoms with Crippen LogP contribution in [0.3, 0.4) is 0 Å². The molecule has 2 heterocycles. The van der Waals surface area contributed by atoms with Crippen LogP contribution < -0.4 is 10.6 Å². The third-order valence-electron chi connectivity index (χ3n) is 5.98. The van der Waals surface area contributed by atoms with Crippen molar-refractivity contribution in [2.45, 2.75) is 55.8 Å². The highest BCUT2D eigenvalue weighted by atomic mass is 32.2. The van der Waals surface area contributed by atoms with E-state index in [4.69, 9.17) is 0 Å². The molecule has 2 aliphatic rings. The number of pyridine rings is 1. The molecule has 5 rings (SSSR count). The lowest BCUT2D eigenvalue weighted by Crippen LogP contribution is -2.33. The summed E-state index contributed by atoms with van der Waals surface area (Å²) in [5.74, 6) is 0.661. The number of para-hydroxylation sites is 1. The number of hydrogen-bond acceptors (Lipinski definition) is 6. The smallest absolute Gasteiger partial charge is 0.253 e. The molecule has 0 unspecified atom stereocenters. The van der Waals surface area contributed by atoms with E-state index in [-0.39, 0.29) is 23.6 Å². The van der Waals surface area contributed by atoms with E-state index in [0.717, 1.165) is 55.1 Å². The van der Waals surface area contributed by atoms with Crippen LogP contribution in [0, 0.1) is 0 Å². The van der Waals surface area contributed by atoms with Gasteiger partial charge in [0.1, 0.15) is 0 Å². The maximum absolute atomic E-state index is 12.8. The second kappa shape index (κ2) is 9.74. The fourth-order valence-corrected chi connectivity index (χ4v) is 4.98. The van der Waals surface area contributed by atoms with Gasteiger partial charge in [-0.05, 0) is 49.9 Å². The molecule has 33 heavy (non-hydrogen) atoms. The van der Waals surface area contributed by atoms with E-state index in [0.29, 0.717) is 17.3 Å². The number of carbonyl (C=O) groups is 2. The molecule has 1 aromatic carbocycles. The van der Waals surface area contributed by atoms with Crippen molar-refractivity contribution in [1.29, 1.82) is 0 Å². The van der Waals surface area contributed by atoms with E-state index < -0.39 is 0 Å². The largest absolute Gasteiger partial charge is 0.349 e. The van der Waals surface area contributed by atoms with Crippen LogP contribution in [-0.2, 0) is 4.79 Å². The van der Waals surface area contributed by atoms with E-state index in [1.54, 1.807) is 24.5 Å². The van der Waals surface area contributed by atoms with Gasteiger partial charge in [0, 0.05) is 30.0 Å². The molecule has 2 aliphatic carbocycles. The van der Waals surface area contributed by atoms with Crippen molar-refractivity contribution < 1.29 is 9.59 Å². The highest BCUT2D eigenvalue weighted by Gasteiger charge is 2.30. The van der Waals surface area contributed by atoms with Crippen LogP contribution in [-0.4, -0.2) is 43.4 Å². The average molecular weight is 463 g/mol. The minimum absolute atomic E-state index is 0.138. The Balaban J connectivity index is 1.25. The fourth-order valence-electron chi connectivity index (χ4n) is 4.17. The standard InChI is InChI=1S/C24H26N6O2S/c31-21(27-20-8-4-3-7-19(20)23(32)26-17-5-1-2-6-17)15-33-24-29-28-22(30(24)18-9-10-18)16-11-13-25-14-12-16/h3-4,7-8,11-14,17-18H,1-2,5-6,9-10,15H2,(H,26,32)(H,27,31). The van der Waals surface area contributed by atoms with Crippen molar-refractivity contribution >= 4 is 29.3 Å². The summed E-state index contributed by atoms with van der Waals surface area (Å²) in [7, 11) is 0. The van der Waals surface area contributed by atoms with Gasteiger partial charge < -0.3 is 10.6 Å². The molecular weight excluding hydrogens is 436 g/mol. The van der Waals surface area contributed by atoms with Crippen molar-refractivity contribution in [2.75, 3.05) is 11.1 Å². The molecule has 2 aromatic heterocycles. The zero-order valence-corrected chi connectivity index (χ0v) is 19.1. The monoisotopic (exact) mass is 462 g/mol. The lowest BCUT2D eigenvalue weighted by Gasteiger charge is -2.15. The van der Waals surface area contributed by atoms with Gasteiger partial charge in [0.15, 0.2) is 11.0 Å². The molecule has 2 fully saturated rings. The molecule has 0 atom stereocenters. The molecule has 0 aliphatic heterocycles. The lowest BCUT2D eigenvalue weighted by molar-refractivity contribution is -0.113. The number of nitrogens with one attached hydrogen (secondary N) is 2. The first-order valence-corrected chi connectivity index (χ1v) is 12.4. The Morgan fingerprint density at radius 1 is 1.00 bits per heavy atom. The maximum atomic E-state index is 12.8. The molecule has 9 heteroatoms. The Morgan fingerprint density at radius 2 is 1.76 bits per heavy atom. The highest BCUT2D eigenvalue weighted by molar-refractivity contribution is 7.99. The van der Waals surface area contributed by atoms with Gasteiger partial charge in [-0.3, -0.25) is 19.1 Å². The first-order valence-electron chi connectivity index (χ1n) is 11.4. The van der Waals surface area contributed by atoms with Gasteiger partial charge in [0.25, 0.3) is 5.91 Å². The molecule has 0 bridgehead atoms. The van der Waals surface area contributed by atoms with Crippen LogP contribution >= 0.6 is 11.8 Å². The van der Waals surface area contributed by atoms with Gasteiger partial charge in [-0.15, -0.1) is 10.2 Å². The van der Waals surface area contributed by atoms with Gasteiger partial charge >= 0.3 is 0 Å². The van der Waals surface area contributed by atoms with Crippen molar-refractivity contribution in [3.63, 3.8) is 0 Å². The fraction of sp³-hybridized carbons (Fsp3) is 0.375. The minimum Gasteiger partial charge on any atom is -0.349 e. The molecule has 2 amide bonds. The van der Waals surface area contributed by atoms with Crippen LogP contribution in [0.5, 0.6) is 0 Å². The Kier molecular flexibility index (Phi) is 6.39. The maximum Gasteiger partial charge on any atom is 0.253 e. The van der Waals surface area contributed by atoms with Gasteiger partial charge in [-0.1, -0.05) is 36.7 Å². The predicted octanol–water partition coefficient (Wildman–Crippen LogP) is 4.08. The number of hydrogen-bond donors (Lipinski definition) is 2. The Labute approximate surface area is 196 Å². The summed E-state index contributed by atoms with van der Waals surface area (Å²) in [6, 6.07) is 11.6. The van der Waals surface area contributed by atoms with E-state index in [1.165, 1.54) is 11.8 Å². The number of thioether (sulfide) groups is 1. The Morgan fingerprint density at radius 3 is 2.52 bits per heavy atom. The van der Waals surface area contributed by atoms with Crippen LogP contribution in [0.25, 0.3) is 11.4 Å². The van der Waals surface area contributed by atoms with Crippen molar-refractivity contribution in [2.24, 2.45) is 0 Å². The molecule has 0 spiro atoms. The minimum atomic E-state index is -0.183. The molecule has 170 valence electrons. The number of benzene rings is 1. The molecule has 3 aromatic rings. The van der Waals surface area contributed by atoms with Crippen LogP contribution in [0.1, 0.15) is 54.9 Å². The highest BCUT2D eigenvalue weighted by Crippen LogP contribution is 2.41. The number of aromatic nitrogens is 4. The summed E-state index contributed by atoms with van der Waals surface area (Å²) in [6.07, 6.45) is 9.96. The quantitative estimate of drug-likeness (QED) is 0.489. The number of nitrogens with zero attached hydrogens (tertiary/aromatic N) is 4. The van der Waals surface area contributed by atoms with E-state index in [2.05, 4.69) is 30.4 Å². The zero-order chi connectivity index (χ0) is 22.6. The summed E-state index contributed by atoms with van der Waals surface area (Å²) < 4.78 is 2.12. The first kappa shape index (κ1) is 21.6. The van der Waals surface area contributed by atoms with Gasteiger partial charge in [-0.2, -0.15) is 0 Å². The third kappa shape index (κ3) is 5.08. The number of carbonyl (C=O) groups excluding carboxylic acids is 2. The molecule has 0 saturated heterocycles. The Bertz CT molecular complexity index is 1140. The van der Waals surface area contributed by atoms with Gasteiger partial charge in [0.05, 0.1) is 17.0 Å². The van der Waals surface area contributed by atoms with Crippen LogP contribution in [0.4, 0.5) is 5.69 Å². The Hall–Kier alpha value is -3.20. The summed E-state index contributed by atoms with van der Waals surface area (Å²) in [5, 5.41) is 15.4. The predicted molar refractivity (Wildman–Crippen MR) is 127 cm³/mol. The summed E-state index contributed by atoms with van der Waals surface area (Å²) >= 11 is 1.36. The third-order valence-corrected chi connectivity index (χ3v) is 6.93. The van der Waals surface area contributed by atoms with Crippen molar-refractivity contribution in [3.05, 3.63) is 54.4 Å². The molecule has 8 nitrogen and oxygen atoms in total. The summed E-state index contributed by atoms with van der Waals surface area (Å²) in [6.45, 7) is 0. The second-order valence-electron chi connectivity index (χ2n) is 8.48. The SMILES string of the molecule is O=C(CSc1nnc(-c2ccncc2)n1C1CC1)Nc1ccccc1C(=O)NC1CCCC1. The van der Waals surface area contributed by atoms with Crippen molar-refractivity contribution in [1.82, 2.24) is 25.1 Å². The number of anilines is 1. The average Bonchev–Trinajstić information content (AvgIpc) is 3.37.